The average molecular weight is 465 g/mol. The number of nitrogens with zero attached hydrogens (tertiary/aromatic N) is 3. The molecule has 2 aromatic carbocycles. The maximum absolute atomic E-state index is 12.7. The molecule has 4 aromatic rings. The smallest absolute Gasteiger partial charge is 0.383 e. The normalized spacial score (nSPS) is 13.0. The van der Waals surface area contributed by atoms with Crippen LogP contribution < -0.4 is 10.1 Å². The van der Waals surface area contributed by atoms with E-state index < -0.39 is 5.97 Å². The lowest BCUT2D eigenvalue weighted by atomic mass is 10.2. The van der Waals surface area contributed by atoms with Gasteiger partial charge in [0.1, 0.15) is 11.6 Å². The SMILES string of the molecule is O=C(Nc1ccc(OC(=O)c2nc(C3CC3)n(-c3ccccc3Cl)n2)cc1)c1ccsc1. The lowest BCUT2D eigenvalue weighted by Crippen LogP contribution is -2.12. The van der Waals surface area contributed by atoms with Gasteiger partial charge in [-0.3, -0.25) is 4.79 Å². The fourth-order valence-electron chi connectivity index (χ4n) is 3.17. The zero-order valence-corrected chi connectivity index (χ0v) is 18.3. The molecular weight excluding hydrogens is 448 g/mol. The van der Waals surface area contributed by atoms with Crippen LogP contribution in [0.3, 0.4) is 0 Å². The molecule has 1 aliphatic rings. The summed E-state index contributed by atoms with van der Waals surface area (Å²) in [5.74, 6) is 0.404. The van der Waals surface area contributed by atoms with Gasteiger partial charge in [0.2, 0.25) is 0 Å². The molecule has 0 bridgehead atoms. The van der Waals surface area contributed by atoms with E-state index in [0.29, 0.717) is 33.5 Å². The fraction of sp³-hybridized carbons (Fsp3) is 0.130. The topological polar surface area (TPSA) is 86.1 Å². The zero-order valence-electron chi connectivity index (χ0n) is 16.7. The summed E-state index contributed by atoms with van der Waals surface area (Å²) < 4.78 is 7.07. The number of halogens is 1. The van der Waals surface area contributed by atoms with Gasteiger partial charge in [-0.05, 0) is 60.7 Å². The minimum atomic E-state index is -0.659. The van der Waals surface area contributed by atoms with E-state index in [2.05, 4.69) is 15.4 Å². The number of rotatable bonds is 6. The van der Waals surface area contributed by atoms with Gasteiger partial charge in [-0.15, -0.1) is 5.10 Å². The van der Waals surface area contributed by atoms with Crippen molar-refractivity contribution in [3.8, 4) is 11.4 Å². The van der Waals surface area contributed by atoms with Gasteiger partial charge in [0, 0.05) is 17.0 Å². The number of nitrogens with one attached hydrogen (secondary N) is 1. The Labute approximate surface area is 192 Å². The second-order valence-corrected chi connectivity index (χ2v) is 8.50. The third kappa shape index (κ3) is 4.28. The molecule has 2 aromatic heterocycles. The molecule has 32 heavy (non-hydrogen) atoms. The Morgan fingerprint density at radius 2 is 1.88 bits per heavy atom. The van der Waals surface area contributed by atoms with Crippen LogP contribution in [0.15, 0.2) is 65.4 Å². The summed E-state index contributed by atoms with van der Waals surface area (Å²) in [5, 5.41) is 11.3. The van der Waals surface area contributed by atoms with Crippen LogP contribution in [0.2, 0.25) is 5.02 Å². The number of anilines is 1. The van der Waals surface area contributed by atoms with Crippen molar-refractivity contribution in [1.29, 1.82) is 0 Å². The van der Waals surface area contributed by atoms with Crippen LogP contribution in [-0.4, -0.2) is 26.6 Å². The number of para-hydroxylation sites is 1. The molecule has 0 spiro atoms. The lowest BCUT2D eigenvalue weighted by Gasteiger charge is -2.06. The molecule has 160 valence electrons. The van der Waals surface area contributed by atoms with Gasteiger partial charge >= 0.3 is 5.97 Å². The summed E-state index contributed by atoms with van der Waals surface area (Å²) in [4.78, 5) is 29.3. The third-order valence-corrected chi connectivity index (χ3v) is 5.95. The first-order valence-electron chi connectivity index (χ1n) is 9.96. The van der Waals surface area contributed by atoms with Gasteiger partial charge in [-0.25, -0.2) is 14.5 Å². The standard InChI is InChI=1S/C23H17ClN4O3S/c24-18-3-1-2-4-19(18)28-21(14-5-6-14)26-20(27-28)23(30)31-17-9-7-16(8-10-17)25-22(29)15-11-12-32-13-15/h1-4,7-14H,5-6H2,(H,25,29). The second kappa shape index (κ2) is 8.57. The van der Waals surface area contributed by atoms with Crippen molar-refractivity contribution in [1.82, 2.24) is 14.8 Å². The van der Waals surface area contributed by atoms with Gasteiger partial charge in [0.05, 0.1) is 16.3 Å². The van der Waals surface area contributed by atoms with Gasteiger partial charge in [-0.2, -0.15) is 11.3 Å². The second-order valence-electron chi connectivity index (χ2n) is 7.31. The molecule has 0 aliphatic heterocycles. The molecule has 1 saturated carbocycles. The first-order chi connectivity index (χ1) is 15.6. The molecule has 1 fully saturated rings. The van der Waals surface area contributed by atoms with E-state index in [1.807, 2.05) is 23.6 Å². The first kappa shape index (κ1) is 20.4. The van der Waals surface area contributed by atoms with Crippen molar-refractivity contribution in [3.05, 3.63) is 87.6 Å². The van der Waals surface area contributed by atoms with Crippen LogP contribution in [-0.2, 0) is 0 Å². The van der Waals surface area contributed by atoms with E-state index in [4.69, 9.17) is 16.3 Å². The number of hydrogen-bond acceptors (Lipinski definition) is 6. The molecule has 0 unspecified atom stereocenters. The highest BCUT2D eigenvalue weighted by atomic mass is 35.5. The molecule has 0 radical (unpaired) electrons. The third-order valence-electron chi connectivity index (χ3n) is 4.94. The van der Waals surface area contributed by atoms with Crippen molar-refractivity contribution in [2.24, 2.45) is 0 Å². The van der Waals surface area contributed by atoms with Crippen LogP contribution in [0.25, 0.3) is 5.69 Å². The van der Waals surface area contributed by atoms with Gasteiger partial charge < -0.3 is 10.1 Å². The number of hydrogen-bond donors (Lipinski definition) is 1. The highest BCUT2D eigenvalue weighted by Crippen LogP contribution is 2.40. The molecule has 5 rings (SSSR count). The maximum Gasteiger partial charge on any atom is 0.383 e. The van der Waals surface area contributed by atoms with Crippen molar-refractivity contribution in [2.75, 3.05) is 5.32 Å². The Morgan fingerprint density at radius 1 is 1.09 bits per heavy atom. The minimum absolute atomic E-state index is 0.0262. The van der Waals surface area contributed by atoms with Gasteiger partial charge in [0.15, 0.2) is 0 Å². The van der Waals surface area contributed by atoms with E-state index in [0.717, 1.165) is 12.8 Å². The number of amides is 1. The summed E-state index contributed by atoms with van der Waals surface area (Å²) in [6.45, 7) is 0. The monoisotopic (exact) mass is 464 g/mol. The number of ether oxygens (including phenoxy) is 1. The molecular formula is C23H17ClN4O3S. The molecule has 1 aliphatic carbocycles. The summed E-state index contributed by atoms with van der Waals surface area (Å²) in [6.07, 6.45) is 1.99. The number of esters is 1. The Bertz CT molecular complexity index is 1280. The summed E-state index contributed by atoms with van der Waals surface area (Å²) in [5.41, 5.74) is 1.86. The average Bonchev–Trinajstić information content (AvgIpc) is 3.31. The van der Waals surface area contributed by atoms with Crippen LogP contribution >= 0.6 is 22.9 Å². The summed E-state index contributed by atoms with van der Waals surface area (Å²) >= 11 is 7.78. The highest BCUT2D eigenvalue weighted by molar-refractivity contribution is 7.08. The van der Waals surface area contributed by atoms with E-state index in [1.165, 1.54) is 11.3 Å². The molecule has 1 amide bonds. The first-order valence-corrected chi connectivity index (χ1v) is 11.3. The number of aromatic nitrogens is 3. The van der Waals surface area contributed by atoms with Crippen LogP contribution in [0.1, 0.15) is 45.6 Å². The summed E-state index contributed by atoms with van der Waals surface area (Å²) in [6, 6.07) is 15.6. The molecule has 7 nitrogen and oxygen atoms in total. The summed E-state index contributed by atoms with van der Waals surface area (Å²) in [7, 11) is 0. The Kier molecular flexibility index (Phi) is 5.46. The Morgan fingerprint density at radius 3 is 2.56 bits per heavy atom. The predicted octanol–water partition coefficient (Wildman–Crippen LogP) is 5.33. The van der Waals surface area contributed by atoms with Crippen molar-refractivity contribution < 1.29 is 14.3 Å². The van der Waals surface area contributed by atoms with Crippen molar-refractivity contribution in [2.45, 2.75) is 18.8 Å². The van der Waals surface area contributed by atoms with Gasteiger partial charge in [-0.1, -0.05) is 23.7 Å². The van der Waals surface area contributed by atoms with Crippen LogP contribution in [0.4, 0.5) is 5.69 Å². The molecule has 2 heterocycles. The highest BCUT2D eigenvalue weighted by Gasteiger charge is 2.32. The van der Waals surface area contributed by atoms with Crippen molar-refractivity contribution >= 4 is 40.5 Å². The number of carbonyl (C=O) groups is 2. The Balaban J connectivity index is 1.31. The molecule has 0 atom stereocenters. The van der Waals surface area contributed by atoms with Crippen LogP contribution in [0.5, 0.6) is 5.75 Å². The largest absolute Gasteiger partial charge is 0.421 e. The fourth-order valence-corrected chi connectivity index (χ4v) is 4.02. The zero-order chi connectivity index (χ0) is 22.1. The number of thiophene rings is 1. The quantitative estimate of drug-likeness (QED) is 0.308. The van der Waals surface area contributed by atoms with E-state index in [1.54, 1.807) is 46.5 Å². The number of benzene rings is 2. The number of carbonyl (C=O) groups excluding carboxylic acids is 2. The van der Waals surface area contributed by atoms with Crippen molar-refractivity contribution in [3.63, 3.8) is 0 Å². The van der Waals surface area contributed by atoms with Crippen LogP contribution in [0, 0.1) is 0 Å². The minimum Gasteiger partial charge on any atom is -0.421 e. The van der Waals surface area contributed by atoms with Gasteiger partial charge in [0.25, 0.3) is 11.7 Å². The van der Waals surface area contributed by atoms with E-state index >= 15 is 0 Å². The lowest BCUT2D eigenvalue weighted by molar-refractivity contribution is 0.0721. The van der Waals surface area contributed by atoms with E-state index in [-0.39, 0.29) is 17.6 Å². The molecule has 0 saturated heterocycles. The maximum atomic E-state index is 12.7. The molecule has 9 heteroatoms. The van der Waals surface area contributed by atoms with E-state index in [9.17, 15) is 9.59 Å². The Hall–Kier alpha value is -3.49. The predicted molar refractivity (Wildman–Crippen MR) is 122 cm³/mol. The molecule has 1 N–H and O–H groups in total.